The number of alkyl halides is 3. The summed E-state index contributed by atoms with van der Waals surface area (Å²) in [5.41, 5.74) is -0.339. The van der Waals surface area contributed by atoms with Gasteiger partial charge < -0.3 is 28.8 Å². The molecule has 260 valence electrons. The van der Waals surface area contributed by atoms with E-state index < -0.39 is 28.6 Å². The van der Waals surface area contributed by atoms with E-state index in [1.165, 1.54) is 19.7 Å². The van der Waals surface area contributed by atoms with Crippen molar-refractivity contribution in [1.29, 1.82) is 0 Å². The summed E-state index contributed by atoms with van der Waals surface area (Å²) < 4.78 is 53.9. The Balaban J connectivity index is 1.12. The number of rotatable bonds is 8. The van der Waals surface area contributed by atoms with Crippen LogP contribution in [0.1, 0.15) is 42.2 Å². The lowest BCUT2D eigenvalue weighted by atomic mass is 9.39. The third-order valence-electron chi connectivity index (χ3n) is 10.2. The molecule has 0 atom stereocenters. The number of carbonyl (C=O) groups is 2. The number of fused-ring (bicyclic) bond motifs is 2. The molecule has 3 aliphatic carbocycles. The highest BCUT2D eigenvalue weighted by Gasteiger charge is 2.79. The summed E-state index contributed by atoms with van der Waals surface area (Å²) in [6.45, 7) is 2.77. The van der Waals surface area contributed by atoms with E-state index >= 15 is 0 Å². The van der Waals surface area contributed by atoms with Crippen molar-refractivity contribution in [3.63, 3.8) is 0 Å². The molecule has 0 spiro atoms. The highest BCUT2D eigenvalue weighted by Crippen LogP contribution is 2.73. The fraction of sp³-hybridized carbons (Fsp3) is 0.424. The number of aromatic nitrogens is 6. The zero-order valence-electron chi connectivity index (χ0n) is 27.2. The van der Waals surface area contributed by atoms with Gasteiger partial charge in [-0.3, -0.25) is 14.4 Å². The number of ether oxygens (including phenoxy) is 1. The summed E-state index contributed by atoms with van der Waals surface area (Å²) in [6, 6.07) is 8.47. The number of nitrogens with one attached hydrogen (secondary N) is 1. The average molecular weight is 692 g/mol. The summed E-state index contributed by atoms with van der Waals surface area (Å²) in [5.74, 6) is -0.0942. The lowest BCUT2D eigenvalue weighted by Crippen LogP contribution is -2.78. The second kappa shape index (κ2) is 11.3. The number of benzene rings is 1. The van der Waals surface area contributed by atoms with E-state index in [1.807, 2.05) is 11.8 Å². The average Bonchev–Trinajstić information content (AvgIpc) is 3.74. The quantitative estimate of drug-likeness (QED) is 0.257. The number of halogens is 3. The third-order valence-corrected chi connectivity index (χ3v) is 10.2. The van der Waals surface area contributed by atoms with Gasteiger partial charge in [0, 0.05) is 49.5 Å². The number of piperazine rings is 1. The molecule has 50 heavy (non-hydrogen) atoms. The van der Waals surface area contributed by atoms with Crippen molar-refractivity contribution in [2.24, 2.45) is 5.41 Å². The number of para-hydroxylation sites is 1. The number of pyridine rings is 1. The number of amides is 2. The van der Waals surface area contributed by atoms with Crippen molar-refractivity contribution in [3.8, 4) is 17.3 Å². The van der Waals surface area contributed by atoms with Gasteiger partial charge in [0.1, 0.15) is 17.7 Å². The van der Waals surface area contributed by atoms with Crippen LogP contribution in [0.3, 0.4) is 0 Å². The maximum Gasteiger partial charge on any atom is 0.394 e. The van der Waals surface area contributed by atoms with Gasteiger partial charge >= 0.3 is 6.18 Å². The SMILES string of the molecule is CCc1c(N2CCN(C(=O)c3cccc4ncoc34)CC2)c(=O)n2nc(-c3ccnc(OC)c3)nc2n1CC(=O)NC12CC(C(F)(F)F)(C1)C2. The van der Waals surface area contributed by atoms with Crippen LogP contribution >= 0.6 is 0 Å². The second-order valence-corrected chi connectivity index (χ2v) is 13.2. The Labute approximate surface area is 281 Å². The van der Waals surface area contributed by atoms with E-state index in [4.69, 9.17) is 9.15 Å². The second-order valence-electron chi connectivity index (χ2n) is 13.2. The minimum atomic E-state index is -4.31. The third kappa shape index (κ3) is 4.88. The predicted octanol–water partition coefficient (Wildman–Crippen LogP) is 3.23. The van der Waals surface area contributed by atoms with Gasteiger partial charge in [-0.2, -0.15) is 22.7 Å². The minimum Gasteiger partial charge on any atom is -0.481 e. The lowest BCUT2D eigenvalue weighted by Gasteiger charge is -2.70. The molecule has 2 bridgehead atoms. The first-order chi connectivity index (χ1) is 23.9. The van der Waals surface area contributed by atoms with Crippen LogP contribution in [0.15, 0.2) is 52.1 Å². The molecule has 5 aromatic rings. The fourth-order valence-corrected chi connectivity index (χ4v) is 7.77. The number of oxazole rings is 1. The molecule has 0 unspecified atom stereocenters. The highest BCUT2D eigenvalue weighted by atomic mass is 19.4. The van der Waals surface area contributed by atoms with Crippen LogP contribution in [-0.2, 0) is 17.8 Å². The molecule has 4 fully saturated rings. The topological polar surface area (TPSA) is 153 Å². The van der Waals surface area contributed by atoms with Gasteiger partial charge in [0.2, 0.25) is 17.6 Å². The van der Waals surface area contributed by atoms with E-state index in [0.29, 0.717) is 72.1 Å². The van der Waals surface area contributed by atoms with Crippen molar-refractivity contribution >= 4 is 34.4 Å². The van der Waals surface area contributed by atoms with Crippen molar-refractivity contribution < 1.29 is 31.9 Å². The molecule has 0 radical (unpaired) electrons. The molecular weight excluding hydrogens is 659 g/mol. The van der Waals surface area contributed by atoms with Crippen molar-refractivity contribution in [2.45, 2.75) is 50.9 Å². The first-order valence-electron chi connectivity index (χ1n) is 16.2. The number of methoxy groups -OCH3 is 1. The first kappa shape index (κ1) is 31.8. The van der Waals surface area contributed by atoms with Crippen LogP contribution in [-0.4, -0.2) is 90.9 Å². The molecule has 1 aliphatic heterocycles. The maximum absolute atomic E-state index is 14.2. The van der Waals surface area contributed by atoms with E-state index in [0.717, 1.165) is 4.52 Å². The number of hydrogen-bond acceptors (Lipinski definition) is 10. The molecule has 5 heterocycles. The molecule has 9 rings (SSSR count). The Kier molecular flexibility index (Phi) is 7.17. The molecule has 4 aliphatic rings. The van der Waals surface area contributed by atoms with E-state index in [2.05, 4.69) is 25.4 Å². The van der Waals surface area contributed by atoms with Crippen LogP contribution in [0.4, 0.5) is 18.9 Å². The van der Waals surface area contributed by atoms with Gasteiger partial charge in [0.15, 0.2) is 17.8 Å². The summed E-state index contributed by atoms with van der Waals surface area (Å²) in [7, 11) is 1.47. The molecule has 1 saturated heterocycles. The maximum atomic E-state index is 14.2. The smallest absolute Gasteiger partial charge is 0.394 e. The first-order valence-corrected chi connectivity index (χ1v) is 16.2. The fourth-order valence-electron chi connectivity index (χ4n) is 7.77. The van der Waals surface area contributed by atoms with Crippen LogP contribution in [0, 0.1) is 5.41 Å². The van der Waals surface area contributed by atoms with E-state index in [-0.39, 0.29) is 43.3 Å². The van der Waals surface area contributed by atoms with Crippen LogP contribution in [0.5, 0.6) is 5.88 Å². The molecule has 4 aromatic heterocycles. The summed E-state index contributed by atoms with van der Waals surface area (Å²) in [5, 5.41) is 7.38. The predicted molar refractivity (Wildman–Crippen MR) is 172 cm³/mol. The zero-order valence-corrected chi connectivity index (χ0v) is 27.2. The van der Waals surface area contributed by atoms with Gasteiger partial charge in [0.05, 0.1) is 23.8 Å². The Morgan fingerprint density at radius 3 is 2.54 bits per heavy atom. The Hall–Kier alpha value is -5.48. The number of hydrogen-bond donors (Lipinski definition) is 1. The Morgan fingerprint density at radius 1 is 1.08 bits per heavy atom. The summed E-state index contributed by atoms with van der Waals surface area (Å²) in [6.07, 6.45) is -1.60. The normalized spacial score (nSPS) is 21.6. The van der Waals surface area contributed by atoms with Gasteiger partial charge in [-0.25, -0.2) is 9.97 Å². The highest BCUT2D eigenvalue weighted by molar-refractivity contribution is 6.04. The molecule has 1 aromatic carbocycles. The van der Waals surface area contributed by atoms with Gasteiger partial charge in [-0.05, 0) is 43.9 Å². The van der Waals surface area contributed by atoms with E-state index in [9.17, 15) is 27.6 Å². The van der Waals surface area contributed by atoms with E-state index in [1.54, 1.807) is 39.8 Å². The van der Waals surface area contributed by atoms with Crippen molar-refractivity contribution in [2.75, 3.05) is 38.2 Å². The van der Waals surface area contributed by atoms with Crippen molar-refractivity contribution in [1.82, 2.24) is 39.3 Å². The number of carbonyl (C=O) groups excluding carboxylic acids is 2. The zero-order chi connectivity index (χ0) is 35.0. The monoisotopic (exact) mass is 691 g/mol. The molecule has 14 nitrogen and oxygen atoms in total. The summed E-state index contributed by atoms with van der Waals surface area (Å²) in [4.78, 5) is 57.8. The number of nitrogens with zero attached hydrogens (tertiary/aromatic N) is 8. The Morgan fingerprint density at radius 2 is 1.84 bits per heavy atom. The standard InChI is InChI=1S/C33H32F3N9O5/c1-3-22-25(42-9-11-43(12-10-42)28(47)20-5-4-6-21-26(20)50-18-38-21)29(48)45-30(39-27(41-45)19-7-8-37-24(13-19)49-2)44(22)14-23(46)40-32-15-31(16-32,17-32)33(34,35)36/h4-8,13,18H,3,9-12,14-17H2,1-2H3,(H,40,46). The van der Waals surface area contributed by atoms with Gasteiger partial charge in [-0.15, -0.1) is 5.10 Å². The summed E-state index contributed by atoms with van der Waals surface area (Å²) >= 11 is 0. The minimum absolute atomic E-state index is 0.106. The van der Waals surface area contributed by atoms with Crippen LogP contribution in [0.2, 0.25) is 0 Å². The molecule has 17 heteroatoms. The van der Waals surface area contributed by atoms with Crippen LogP contribution in [0.25, 0.3) is 28.3 Å². The lowest BCUT2D eigenvalue weighted by molar-refractivity contribution is -0.337. The van der Waals surface area contributed by atoms with Gasteiger partial charge in [0.25, 0.3) is 11.5 Å². The number of anilines is 1. The molecule has 1 N–H and O–H groups in total. The van der Waals surface area contributed by atoms with Crippen molar-refractivity contribution in [3.05, 3.63) is 64.5 Å². The molecular formula is C33H32F3N9O5. The molecule has 3 saturated carbocycles. The Bertz CT molecular complexity index is 2220. The molecule has 2 amide bonds. The van der Waals surface area contributed by atoms with Crippen LogP contribution < -0.4 is 20.5 Å². The largest absolute Gasteiger partial charge is 0.481 e. The van der Waals surface area contributed by atoms with Gasteiger partial charge in [-0.1, -0.05) is 13.0 Å².